The van der Waals surface area contributed by atoms with Crippen LogP contribution < -0.4 is 5.32 Å². The van der Waals surface area contributed by atoms with E-state index in [0.717, 1.165) is 28.7 Å². The Hall–Kier alpha value is -1.20. The molecule has 1 unspecified atom stereocenters. The highest BCUT2D eigenvalue weighted by molar-refractivity contribution is 9.10. The Kier molecular flexibility index (Phi) is 4.94. The van der Waals surface area contributed by atoms with E-state index in [2.05, 4.69) is 64.5 Å². The molecule has 2 rings (SSSR count). The molecule has 2 aromatic rings. The SMILES string of the molecule is CCc1c(C(CC)NC)nnn1-c1ccc(Br)cc1C. The van der Waals surface area contributed by atoms with Gasteiger partial charge in [0.25, 0.3) is 0 Å². The van der Waals surface area contributed by atoms with Crippen molar-refractivity contribution in [2.75, 3.05) is 7.05 Å². The summed E-state index contributed by atoms with van der Waals surface area (Å²) in [6.07, 6.45) is 1.91. The molecule has 0 bridgehead atoms. The maximum atomic E-state index is 4.41. The van der Waals surface area contributed by atoms with Crippen LogP contribution in [-0.4, -0.2) is 22.0 Å². The first-order valence-corrected chi connectivity index (χ1v) is 7.79. The Balaban J connectivity index is 2.52. The third-order valence-corrected chi connectivity index (χ3v) is 4.10. The third-order valence-electron chi connectivity index (χ3n) is 3.60. The molecule has 1 N–H and O–H groups in total. The molecule has 5 heteroatoms. The summed E-state index contributed by atoms with van der Waals surface area (Å²) in [5.41, 5.74) is 4.51. The zero-order valence-corrected chi connectivity index (χ0v) is 14.0. The highest BCUT2D eigenvalue weighted by Gasteiger charge is 2.19. The van der Waals surface area contributed by atoms with Crippen molar-refractivity contribution >= 4 is 15.9 Å². The number of rotatable bonds is 5. The van der Waals surface area contributed by atoms with Gasteiger partial charge < -0.3 is 5.32 Å². The van der Waals surface area contributed by atoms with Gasteiger partial charge in [0.2, 0.25) is 0 Å². The molecule has 0 saturated carbocycles. The molecular formula is C15H21BrN4. The summed E-state index contributed by atoms with van der Waals surface area (Å²) in [7, 11) is 1.97. The lowest BCUT2D eigenvalue weighted by molar-refractivity contribution is 0.555. The Morgan fingerprint density at radius 3 is 2.65 bits per heavy atom. The summed E-state index contributed by atoms with van der Waals surface area (Å²) in [5.74, 6) is 0. The minimum absolute atomic E-state index is 0.259. The first kappa shape index (κ1) is 15.2. The molecule has 0 fully saturated rings. The molecule has 4 nitrogen and oxygen atoms in total. The lowest BCUT2D eigenvalue weighted by atomic mass is 10.1. The average Bonchev–Trinajstić information content (AvgIpc) is 2.84. The second kappa shape index (κ2) is 6.50. The second-order valence-corrected chi connectivity index (χ2v) is 5.78. The molecule has 0 amide bonds. The van der Waals surface area contributed by atoms with Crippen LogP contribution in [0.25, 0.3) is 5.69 Å². The van der Waals surface area contributed by atoms with Crippen molar-refractivity contribution in [2.24, 2.45) is 0 Å². The topological polar surface area (TPSA) is 42.7 Å². The van der Waals surface area contributed by atoms with Gasteiger partial charge in [-0.1, -0.05) is 35.0 Å². The highest BCUT2D eigenvalue weighted by atomic mass is 79.9. The third kappa shape index (κ3) is 2.79. The monoisotopic (exact) mass is 336 g/mol. The minimum atomic E-state index is 0.259. The summed E-state index contributed by atoms with van der Waals surface area (Å²) in [4.78, 5) is 0. The molecule has 108 valence electrons. The van der Waals surface area contributed by atoms with Crippen LogP contribution in [0.1, 0.15) is 43.3 Å². The molecule has 0 aliphatic heterocycles. The van der Waals surface area contributed by atoms with Crippen molar-refractivity contribution in [3.8, 4) is 5.69 Å². The number of hydrogen-bond acceptors (Lipinski definition) is 3. The average molecular weight is 337 g/mol. The Morgan fingerprint density at radius 1 is 1.35 bits per heavy atom. The quantitative estimate of drug-likeness (QED) is 0.907. The van der Waals surface area contributed by atoms with Gasteiger partial charge in [0.1, 0.15) is 5.69 Å². The van der Waals surface area contributed by atoms with Crippen molar-refractivity contribution in [1.29, 1.82) is 0 Å². The molecule has 0 radical (unpaired) electrons. The molecule has 1 atom stereocenters. The Bertz CT molecular complexity index is 588. The molecule has 1 aromatic heterocycles. The van der Waals surface area contributed by atoms with E-state index in [4.69, 9.17) is 0 Å². The van der Waals surface area contributed by atoms with Gasteiger partial charge in [0.05, 0.1) is 17.4 Å². The van der Waals surface area contributed by atoms with Crippen molar-refractivity contribution in [1.82, 2.24) is 20.3 Å². The first-order chi connectivity index (χ1) is 9.62. The standard InChI is InChI=1S/C15H21BrN4/c1-5-12(17-4)15-13(6-2)20(19-18-15)14-8-7-11(16)9-10(14)3/h7-9,12,17H,5-6H2,1-4H3. The number of nitrogens with zero attached hydrogens (tertiary/aromatic N) is 3. The molecule has 0 spiro atoms. The normalized spacial score (nSPS) is 12.7. The van der Waals surface area contributed by atoms with Crippen LogP contribution in [-0.2, 0) is 6.42 Å². The number of nitrogens with one attached hydrogen (secondary N) is 1. The predicted octanol–water partition coefficient (Wildman–Crippen LogP) is 3.57. The molecule has 0 aliphatic carbocycles. The van der Waals surface area contributed by atoms with E-state index in [1.807, 2.05) is 17.8 Å². The van der Waals surface area contributed by atoms with Gasteiger partial charge in [0, 0.05) is 4.47 Å². The van der Waals surface area contributed by atoms with Crippen LogP contribution >= 0.6 is 15.9 Å². The van der Waals surface area contributed by atoms with Gasteiger partial charge in [-0.25, -0.2) is 4.68 Å². The smallest absolute Gasteiger partial charge is 0.103 e. The number of hydrogen-bond donors (Lipinski definition) is 1. The first-order valence-electron chi connectivity index (χ1n) is 7.00. The van der Waals surface area contributed by atoms with Gasteiger partial charge in [0.15, 0.2) is 0 Å². The van der Waals surface area contributed by atoms with E-state index < -0.39 is 0 Å². The summed E-state index contributed by atoms with van der Waals surface area (Å²) >= 11 is 3.50. The van der Waals surface area contributed by atoms with Crippen molar-refractivity contribution in [3.05, 3.63) is 39.6 Å². The van der Waals surface area contributed by atoms with Gasteiger partial charge in [-0.3, -0.25) is 0 Å². The van der Waals surface area contributed by atoms with Crippen LogP contribution in [0, 0.1) is 6.92 Å². The van der Waals surface area contributed by atoms with Gasteiger partial charge in [-0.2, -0.15) is 0 Å². The van der Waals surface area contributed by atoms with Crippen LogP contribution in [0.2, 0.25) is 0 Å². The predicted molar refractivity (Wildman–Crippen MR) is 85.3 cm³/mol. The van der Waals surface area contributed by atoms with E-state index in [0.29, 0.717) is 0 Å². The van der Waals surface area contributed by atoms with Crippen molar-refractivity contribution in [3.63, 3.8) is 0 Å². The lowest BCUT2D eigenvalue weighted by Crippen LogP contribution is -2.17. The maximum Gasteiger partial charge on any atom is 0.103 e. The summed E-state index contributed by atoms with van der Waals surface area (Å²) in [6.45, 7) is 6.40. The van der Waals surface area contributed by atoms with Gasteiger partial charge in [-0.05, 0) is 50.6 Å². The van der Waals surface area contributed by atoms with Crippen molar-refractivity contribution in [2.45, 2.75) is 39.7 Å². The highest BCUT2D eigenvalue weighted by Crippen LogP contribution is 2.24. The lowest BCUT2D eigenvalue weighted by Gasteiger charge is -2.14. The summed E-state index contributed by atoms with van der Waals surface area (Å²) in [6, 6.07) is 6.48. The molecule has 1 aromatic carbocycles. The number of aryl methyl sites for hydroxylation is 1. The largest absolute Gasteiger partial charge is 0.312 e. The Morgan fingerprint density at radius 2 is 2.10 bits per heavy atom. The van der Waals surface area contributed by atoms with Crippen LogP contribution in [0.3, 0.4) is 0 Å². The van der Waals surface area contributed by atoms with E-state index >= 15 is 0 Å². The fraction of sp³-hybridized carbons (Fsp3) is 0.467. The van der Waals surface area contributed by atoms with Crippen LogP contribution in [0.5, 0.6) is 0 Å². The van der Waals surface area contributed by atoms with Gasteiger partial charge >= 0.3 is 0 Å². The Labute approximate surface area is 128 Å². The van der Waals surface area contributed by atoms with E-state index in [-0.39, 0.29) is 6.04 Å². The van der Waals surface area contributed by atoms with E-state index in [1.54, 1.807) is 0 Å². The number of benzene rings is 1. The number of halogens is 1. The van der Waals surface area contributed by atoms with Crippen LogP contribution in [0.15, 0.2) is 22.7 Å². The van der Waals surface area contributed by atoms with Gasteiger partial charge in [-0.15, -0.1) is 5.10 Å². The number of aromatic nitrogens is 3. The van der Waals surface area contributed by atoms with E-state index in [9.17, 15) is 0 Å². The second-order valence-electron chi connectivity index (χ2n) is 4.87. The molecule has 0 saturated heterocycles. The summed E-state index contributed by atoms with van der Waals surface area (Å²) in [5, 5.41) is 12.1. The van der Waals surface area contributed by atoms with E-state index in [1.165, 1.54) is 11.3 Å². The zero-order valence-electron chi connectivity index (χ0n) is 12.4. The molecule has 1 heterocycles. The van der Waals surface area contributed by atoms with Crippen molar-refractivity contribution < 1.29 is 0 Å². The fourth-order valence-corrected chi connectivity index (χ4v) is 2.97. The molecular weight excluding hydrogens is 316 g/mol. The molecule has 20 heavy (non-hydrogen) atoms. The summed E-state index contributed by atoms with van der Waals surface area (Å²) < 4.78 is 3.05. The minimum Gasteiger partial charge on any atom is -0.312 e. The maximum absolute atomic E-state index is 4.41. The van der Waals surface area contributed by atoms with Crippen LogP contribution in [0.4, 0.5) is 0 Å². The molecule has 0 aliphatic rings. The zero-order chi connectivity index (χ0) is 14.7. The fourth-order valence-electron chi connectivity index (χ4n) is 2.50.